The summed E-state index contributed by atoms with van der Waals surface area (Å²) in [5.74, 6) is 0.0826. The minimum Gasteiger partial charge on any atom is -0.374 e. The molecule has 3 aromatic carbocycles. The van der Waals surface area contributed by atoms with Crippen LogP contribution in [0.4, 0.5) is 5.69 Å². The Labute approximate surface area is 136 Å². The highest BCUT2D eigenvalue weighted by atomic mass is 16.1. The first-order valence-electron chi connectivity index (χ1n) is 7.71. The molecule has 0 bridgehead atoms. The van der Waals surface area contributed by atoms with E-state index in [1.54, 1.807) is 6.92 Å². The summed E-state index contributed by atoms with van der Waals surface area (Å²) in [6, 6.07) is 28.4. The van der Waals surface area contributed by atoms with Crippen LogP contribution in [0, 0.1) is 0 Å². The highest BCUT2D eigenvalue weighted by molar-refractivity contribution is 5.94. The normalized spacial score (nSPS) is 10.5. The molecule has 0 aliphatic carbocycles. The maximum atomic E-state index is 11.4. The maximum Gasteiger partial charge on any atom is 0.159 e. The van der Waals surface area contributed by atoms with Crippen LogP contribution < -0.4 is 5.32 Å². The Kier molecular flexibility index (Phi) is 4.53. The van der Waals surface area contributed by atoms with Gasteiger partial charge in [-0.05, 0) is 42.3 Å². The molecule has 1 N–H and O–H groups in total. The lowest BCUT2D eigenvalue weighted by Crippen LogP contribution is -2.12. The molecule has 0 amide bonds. The van der Waals surface area contributed by atoms with E-state index in [1.807, 2.05) is 60.7 Å². The Morgan fingerprint density at radius 1 is 0.739 bits per heavy atom. The molecule has 3 aromatic rings. The molecule has 0 aliphatic heterocycles. The number of benzene rings is 3. The van der Waals surface area contributed by atoms with Crippen molar-refractivity contribution in [2.45, 2.75) is 13.0 Å². The smallest absolute Gasteiger partial charge is 0.159 e. The number of anilines is 1. The van der Waals surface area contributed by atoms with Crippen LogP contribution in [0.5, 0.6) is 0 Å². The number of rotatable bonds is 5. The van der Waals surface area contributed by atoms with Crippen molar-refractivity contribution in [3.63, 3.8) is 0 Å². The van der Waals surface area contributed by atoms with Gasteiger partial charge >= 0.3 is 0 Å². The first kappa shape index (κ1) is 15.0. The van der Waals surface area contributed by atoms with Crippen LogP contribution in [0.1, 0.15) is 34.5 Å². The van der Waals surface area contributed by atoms with Gasteiger partial charge in [0.05, 0.1) is 6.04 Å². The van der Waals surface area contributed by atoms with Gasteiger partial charge in [0, 0.05) is 11.3 Å². The van der Waals surface area contributed by atoms with Crippen molar-refractivity contribution in [1.82, 2.24) is 0 Å². The number of carbonyl (C=O) groups excluding carboxylic acids is 1. The summed E-state index contributed by atoms with van der Waals surface area (Å²) in [5, 5.41) is 3.57. The van der Waals surface area contributed by atoms with Crippen molar-refractivity contribution in [2.75, 3.05) is 5.32 Å². The summed E-state index contributed by atoms with van der Waals surface area (Å²) in [4.78, 5) is 11.4. The highest BCUT2D eigenvalue weighted by Gasteiger charge is 2.13. The van der Waals surface area contributed by atoms with Crippen LogP contribution >= 0.6 is 0 Å². The van der Waals surface area contributed by atoms with Crippen LogP contribution in [-0.4, -0.2) is 5.78 Å². The zero-order valence-corrected chi connectivity index (χ0v) is 13.1. The molecule has 2 nitrogen and oxygen atoms in total. The van der Waals surface area contributed by atoms with E-state index in [1.165, 1.54) is 11.1 Å². The number of hydrogen-bond acceptors (Lipinski definition) is 2. The quantitative estimate of drug-likeness (QED) is 0.665. The van der Waals surface area contributed by atoms with Crippen molar-refractivity contribution in [3.8, 4) is 0 Å². The van der Waals surface area contributed by atoms with Gasteiger partial charge in [-0.15, -0.1) is 0 Å². The molecule has 0 fully saturated rings. The van der Waals surface area contributed by atoms with Crippen molar-refractivity contribution in [1.29, 1.82) is 0 Å². The maximum absolute atomic E-state index is 11.4. The van der Waals surface area contributed by atoms with Gasteiger partial charge in [0.25, 0.3) is 0 Å². The minimum atomic E-state index is 0.0700. The lowest BCUT2D eigenvalue weighted by atomic mass is 9.98. The van der Waals surface area contributed by atoms with Crippen molar-refractivity contribution in [2.24, 2.45) is 0 Å². The van der Waals surface area contributed by atoms with E-state index < -0.39 is 0 Å². The highest BCUT2D eigenvalue weighted by Crippen LogP contribution is 2.26. The lowest BCUT2D eigenvalue weighted by molar-refractivity contribution is 0.101. The zero-order valence-electron chi connectivity index (χ0n) is 13.1. The third kappa shape index (κ3) is 3.67. The van der Waals surface area contributed by atoms with Gasteiger partial charge in [-0.2, -0.15) is 0 Å². The Hall–Kier alpha value is -2.87. The van der Waals surface area contributed by atoms with E-state index in [4.69, 9.17) is 0 Å². The molecule has 0 saturated heterocycles. The minimum absolute atomic E-state index is 0.0700. The predicted octanol–water partition coefficient (Wildman–Crippen LogP) is 5.09. The number of nitrogens with one attached hydrogen (secondary N) is 1. The molecule has 0 aliphatic rings. The summed E-state index contributed by atoms with van der Waals surface area (Å²) in [6.07, 6.45) is 0. The van der Waals surface area contributed by atoms with Crippen LogP contribution in [0.3, 0.4) is 0 Å². The Balaban J connectivity index is 1.92. The van der Waals surface area contributed by atoms with E-state index in [-0.39, 0.29) is 11.8 Å². The summed E-state index contributed by atoms with van der Waals surface area (Å²) >= 11 is 0. The Bertz CT molecular complexity index is 724. The van der Waals surface area contributed by atoms with Gasteiger partial charge in [-0.25, -0.2) is 0 Å². The summed E-state index contributed by atoms with van der Waals surface area (Å²) in [7, 11) is 0. The van der Waals surface area contributed by atoms with Gasteiger partial charge in [-0.1, -0.05) is 60.7 Å². The molecule has 3 rings (SSSR count). The van der Waals surface area contributed by atoms with E-state index in [0.717, 1.165) is 11.3 Å². The average Bonchev–Trinajstić information content (AvgIpc) is 2.61. The molecule has 23 heavy (non-hydrogen) atoms. The largest absolute Gasteiger partial charge is 0.374 e. The second-order valence-corrected chi connectivity index (χ2v) is 5.53. The number of hydrogen-bond donors (Lipinski definition) is 1. The molecule has 0 spiro atoms. The van der Waals surface area contributed by atoms with E-state index in [9.17, 15) is 4.79 Å². The average molecular weight is 301 g/mol. The van der Waals surface area contributed by atoms with E-state index >= 15 is 0 Å². The fourth-order valence-electron chi connectivity index (χ4n) is 2.62. The molecule has 0 radical (unpaired) electrons. The fraction of sp³-hybridized carbons (Fsp3) is 0.0952. The van der Waals surface area contributed by atoms with Crippen LogP contribution in [0.2, 0.25) is 0 Å². The van der Waals surface area contributed by atoms with E-state index in [0.29, 0.717) is 0 Å². The molecule has 0 aromatic heterocycles. The Morgan fingerprint density at radius 3 is 1.65 bits per heavy atom. The number of carbonyl (C=O) groups is 1. The predicted molar refractivity (Wildman–Crippen MR) is 94.8 cm³/mol. The molecular weight excluding hydrogens is 282 g/mol. The molecule has 114 valence electrons. The van der Waals surface area contributed by atoms with Crippen LogP contribution in [0.25, 0.3) is 0 Å². The summed E-state index contributed by atoms with van der Waals surface area (Å²) in [5.41, 5.74) is 4.13. The number of ketones is 1. The third-order valence-corrected chi connectivity index (χ3v) is 3.87. The molecule has 0 atom stereocenters. The molecule has 0 saturated carbocycles. The van der Waals surface area contributed by atoms with Crippen molar-refractivity contribution < 1.29 is 4.79 Å². The van der Waals surface area contributed by atoms with Gasteiger partial charge in [0.1, 0.15) is 0 Å². The van der Waals surface area contributed by atoms with Crippen molar-refractivity contribution >= 4 is 11.5 Å². The summed E-state index contributed by atoms with van der Waals surface area (Å²) in [6.45, 7) is 1.58. The first-order chi connectivity index (χ1) is 11.2. The second-order valence-electron chi connectivity index (χ2n) is 5.53. The summed E-state index contributed by atoms with van der Waals surface area (Å²) < 4.78 is 0. The zero-order chi connectivity index (χ0) is 16.1. The first-order valence-corrected chi connectivity index (χ1v) is 7.71. The monoisotopic (exact) mass is 301 g/mol. The SMILES string of the molecule is CC(=O)c1ccc(NC(c2ccccc2)c2ccccc2)cc1. The topological polar surface area (TPSA) is 29.1 Å². The van der Waals surface area contributed by atoms with E-state index in [2.05, 4.69) is 29.6 Å². The van der Waals surface area contributed by atoms with Gasteiger partial charge in [0.15, 0.2) is 5.78 Å². The van der Waals surface area contributed by atoms with Crippen molar-refractivity contribution in [3.05, 3.63) is 102 Å². The standard InChI is InChI=1S/C21H19NO/c1-16(23)17-12-14-20(15-13-17)22-21(18-8-4-2-5-9-18)19-10-6-3-7-11-19/h2-15,21-22H,1H3. The van der Waals surface area contributed by atoms with Gasteiger partial charge in [0.2, 0.25) is 0 Å². The molecular formula is C21H19NO. The van der Waals surface area contributed by atoms with Crippen LogP contribution in [-0.2, 0) is 0 Å². The molecule has 0 heterocycles. The fourth-order valence-corrected chi connectivity index (χ4v) is 2.62. The third-order valence-electron chi connectivity index (χ3n) is 3.87. The van der Waals surface area contributed by atoms with Crippen LogP contribution in [0.15, 0.2) is 84.9 Å². The Morgan fingerprint density at radius 2 is 1.22 bits per heavy atom. The second kappa shape index (κ2) is 6.93. The van der Waals surface area contributed by atoms with Gasteiger partial charge in [-0.3, -0.25) is 4.79 Å². The molecule has 2 heteroatoms. The van der Waals surface area contributed by atoms with Gasteiger partial charge < -0.3 is 5.32 Å². The lowest BCUT2D eigenvalue weighted by Gasteiger charge is -2.21. The molecule has 0 unspecified atom stereocenters. The number of Topliss-reactive ketones (excluding diaryl/α,β-unsaturated/α-hetero) is 1.